The van der Waals surface area contributed by atoms with E-state index in [2.05, 4.69) is 347 Å². The molecular weight excluding hydrogens is 1120 g/mol. The lowest BCUT2D eigenvalue weighted by atomic mass is 9.72. The molecule has 0 aliphatic carbocycles. The summed E-state index contributed by atoms with van der Waals surface area (Å²) in [5.74, 6) is 0. The normalized spacial score (nSPS) is 11.1. The molecule has 0 nitrogen and oxygen atoms in total. The van der Waals surface area contributed by atoms with Gasteiger partial charge in [0.25, 0.3) is 0 Å². The van der Waals surface area contributed by atoms with E-state index in [-0.39, 0.29) is 0 Å². The molecule has 0 saturated heterocycles. The Morgan fingerprint density at radius 1 is 0.146 bits per heavy atom. The fraction of sp³-hybridized carbons (Fsp3) is 0.0250. The first-order valence-electron chi connectivity index (χ1n) is 28.0. The fourth-order valence-electron chi connectivity index (χ4n) is 12.2. The number of alkyl halides is 2. The molecule has 13 aromatic rings. The summed E-state index contributed by atoms with van der Waals surface area (Å²) >= 11 is 7.53. The molecule has 0 bridgehead atoms. The van der Waals surface area contributed by atoms with E-state index in [1.54, 1.807) is 0 Å². The first-order chi connectivity index (χ1) is 40.7. The molecule has 0 aliphatic heterocycles. The molecule has 0 saturated carbocycles. The van der Waals surface area contributed by atoms with Gasteiger partial charge in [0, 0.05) is 10.7 Å². The number of hydrogen-bond donors (Lipinski definition) is 0. The van der Waals surface area contributed by atoms with Gasteiger partial charge in [0.15, 0.2) is 0 Å². The maximum absolute atomic E-state index is 3.77. The maximum atomic E-state index is 3.77. The molecule has 0 unspecified atom stereocenters. The van der Waals surface area contributed by atoms with Crippen molar-refractivity contribution in [1.82, 2.24) is 0 Å². The lowest BCUT2D eigenvalue weighted by molar-refractivity contribution is 1.43. The van der Waals surface area contributed by atoms with Crippen LogP contribution in [0.25, 0.3) is 134 Å². The highest BCUT2D eigenvalue weighted by atomic mass is 79.9. The second kappa shape index (κ2) is 23.9. The summed E-state index contributed by atoms with van der Waals surface area (Å²) in [4.78, 5) is 0. The summed E-state index contributed by atoms with van der Waals surface area (Å²) in [5, 5.41) is 1.55. The third kappa shape index (κ3) is 10.1. The minimum absolute atomic E-state index is 0.773. The van der Waals surface area contributed by atoms with Crippen molar-refractivity contribution in [2.75, 3.05) is 0 Å². The number of rotatable bonds is 14. The van der Waals surface area contributed by atoms with Crippen LogP contribution < -0.4 is 0 Å². The highest BCUT2D eigenvalue weighted by Gasteiger charge is 2.32. The van der Waals surface area contributed by atoms with Crippen LogP contribution in [0.1, 0.15) is 11.1 Å². The quantitative estimate of drug-likeness (QED) is 0.0952. The zero-order chi connectivity index (χ0) is 55.2. The lowest BCUT2D eigenvalue weighted by Crippen LogP contribution is -2.03. The van der Waals surface area contributed by atoms with Crippen LogP contribution in [0.15, 0.2) is 315 Å². The first kappa shape index (κ1) is 52.2. The second-order valence-corrected chi connectivity index (χ2v) is 21.8. The van der Waals surface area contributed by atoms with Crippen molar-refractivity contribution >= 4 is 31.9 Å². The van der Waals surface area contributed by atoms with Gasteiger partial charge in [-0.25, -0.2) is 0 Å². The standard InChI is InChI=1S/C80H56Br2/c81-53-55-44-48-65(49-45-55)77-69(57-26-9-1-10-27-57)73(61-34-17-5-18-35-61)79(74(62-36-19-6-20-37-62)70(77)58-28-11-2-12-29-58)67-42-25-43-68(52-67)80-75(63-38-21-7-22-39-63)71(59-30-13-3-14-31-59)78(66-50-46-56(54-82)47-51-66)72(60-32-15-4-16-33-60)76(80)64-40-23-8-24-41-64/h1-52H,53-54H2. The maximum Gasteiger partial charge on any atom is 0.0283 e. The molecule has 0 aromatic heterocycles. The van der Waals surface area contributed by atoms with Crippen molar-refractivity contribution in [2.45, 2.75) is 10.7 Å². The van der Waals surface area contributed by atoms with Gasteiger partial charge in [-0.1, -0.05) is 341 Å². The lowest BCUT2D eigenvalue weighted by Gasteiger charge is -2.30. The average molecular weight is 1180 g/mol. The fourth-order valence-corrected chi connectivity index (χ4v) is 12.9. The number of halogens is 2. The van der Waals surface area contributed by atoms with Crippen molar-refractivity contribution < 1.29 is 0 Å². The van der Waals surface area contributed by atoms with Crippen LogP contribution in [0, 0.1) is 0 Å². The molecule has 0 atom stereocenters. The van der Waals surface area contributed by atoms with Crippen LogP contribution in [-0.2, 0) is 10.7 Å². The van der Waals surface area contributed by atoms with Gasteiger partial charge in [-0.05, 0) is 151 Å². The van der Waals surface area contributed by atoms with Gasteiger partial charge >= 0.3 is 0 Å². The summed E-state index contributed by atoms with van der Waals surface area (Å²) < 4.78 is 0. The first-order valence-corrected chi connectivity index (χ1v) is 30.2. The Hall–Kier alpha value is -9.18. The van der Waals surface area contributed by atoms with Crippen LogP contribution in [0.3, 0.4) is 0 Å². The topological polar surface area (TPSA) is 0 Å². The summed E-state index contributed by atoms with van der Waals surface area (Å²) in [5.41, 5.74) is 30.2. The van der Waals surface area contributed by atoms with Gasteiger partial charge in [0.05, 0.1) is 0 Å². The van der Waals surface area contributed by atoms with Crippen molar-refractivity contribution in [2.24, 2.45) is 0 Å². The summed E-state index contributed by atoms with van der Waals surface area (Å²) in [6.45, 7) is 0. The molecule has 0 fully saturated rings. The van der Waals surface area contributed by atoms with E-state index in [1.807, 2.05) is 0 Å². The number of hydrogen-bond acceptors (Lipinski definition) is 0. The van der Waals surface area contributed by atoms with E-state index >= 15 is 0 Å². The Kier molecular flexibility index (Phi) is 15.2. The molecule has 0 amide bonds. The van der Waals surface area contributed by atoms with E-state index in [1.165, 1.54) is 66.8 Å². The second-order valence-electron chi connectivity index (χ2n) is 20.7. The SMILES string of the molecule is BrCc1ccc(-c2c(-c3ccccc3)c(-c3ccccc3)c(-c3cccc(-c4c(-c5ccccc5)c(-c5ccccc5)c(-c5ccc(CBr)cc5)c(-c5ccccc5)c4-c4ccccc4)c3)c(-c3ccccc3)c2-c2ccccc2)cc1. The van der Waals surface area contributed by atoms with Crippen LogP contribution in [0.5, 0.6) is 0 Å². The van der Waals surface area contributed by atoms with Gasteiger partial charge in [-0.3, -0.25) is 0 Å². The van der Waals surface area contributed by atoms with E-state index in [4.69, 9.17) is 0 Å². The molecule has 0 spiro atoms. The molecule has 0 aliphatic rings. The molecule has 0 heterocycles. The molecule has 0 radical (unpaired) electrons. The molecule has 2 heteroatoms. The third-order valence-corrected chi connectivity index (χ3v) is 17.0. The van der Waals surface area contributed by atoms with Crippen molar-refractivity contribution in [1.29, 1.82) is 0 Å². The van der Waals surface area contributed by atoms with Gasteiger partial charge in [0.1, 0.15) is 0 Å². The van der Waals surface area contributed by atoms with Gasteiger partial charge in [-0.15, -0.1) is 0 Å². The monoisotopic (exact) mass is 1170 g/mol. The highest BCUT2D eigenvalue weighted by molar-refractivity contribution is 9.08. The van der Waals surface area contributed by atoms with E-state index in [0.717, 1.165) is 88.5 Å². The highest BCUT2D eigenvalue weighted by Crippen LogP contribution is 2.59. The summed E-state index contributed by atoms with van der Waals surface area (Å²) in [6.07, 6.45) is 0. The van der Waals surface area contributed by atoms with Crippen LogP contribution in [-0.4, -0.2) is 0 Å². The summed E-state index contributed by atoms with van der Waals surface area (Å²) in [6, 6.07) is 117. The predicted molar refractivity (Wildman–Crippen MR) is 357 cm³/mol. The van der Waals surface area contributed by atoms with E-state index in [9.17, 15) is 0 Å². The Morgan fingerprint density at radius 2 is 0.293 bits per heavy atom. The molecular formula is C80H56Br2. The third-order valence-electron chi connectivity index (χ3n) is 15.7. The average Bonchev–Trinajstić information content (AvgIpc) is 1.65. The molecule has 13 aromatic carbocycles. The molecule has 390 valence electrons. The Morgan fingerprint density at radius 3 is 0.463 bits per heavy atom. The van der Waals surface area contributed by atoms with Crippen molar-refractivity contribution in [3.63, 3.8) is 0 Å². The molecule has 13 rings (SSSR count). The molecule has 0 N–H and O–H groups in total. The van der Waals surface area contributed by atoms with Crippen LogP contribution in [0.4, 0.5) is 0 Å². The minimum Gasteiger partial charge on any atom is -0.0876 e. The van der Waals surface area contributed by atoms with Crippen molar-refractivity contribution in [3.8, 4) is 134 Å². The van der Waals surface area contributed by atoms with E-state index in [0.29, 0.717) is 0 Å². The van der Waals surface area contributed by atoms with Gasteiger partial charge in [0.2, 0.25) is 0 Å². The van der Waals surface area contributed by atoms with E-state index < -0.39 is 0 Å². The van der Waals surface area contributed by atoms with Gasteiger partial charge < -0.3 is 0 Å². The van der Waals surface area contributed by atoms with Gasteiger partial charge in [-0.2, -0.15) is 0 Å². The predicted octanol–water partition coefficient (Wildman–Crippen LogP) is 23.5. The Bertz CT molecular complexity index is 3810. The minimum atomic E-state index is 0.773. The zero-order valence-electron chi connectivity index (χ0n) is 45.2. The molecule has 82 heavy (non-hydrogen) atoms. The Labute approximate surface area is 499 Å². The smallest absolute Gasteiger partial charge is 0.0283 e. The largest absolute Gasteiger partial charge is 0.0876 e. The van der Waals surface area contributed by atoms with Crippen LogP contribution >= 0.6 is 31.9 Å². The summed E-state index contributed by atoms with van der Waals surface area (Å²) in [7, 11) is 0. The number of benzene rings is 13. The van der Waals surface area contributed by atoms with Crippen molar-refractivity contribution in [3.05, 3.63) is 327 Å². The van der Waals surface area contributed by atoms with Crippen LogP contribution in [0.2, 0.25) is 0 Å². The Balaban J connectivity index is 1.26. The zero-order valence-corrected chi connectivity index (χ0v) is 48.4.